The molecule has 0 saturated heterocycles. The van der Waals surface area contributed by atoms with Gasteiger partial charge in [-0.2, -0.15) is 0 Å². The molecule has 1 aromatic carbocycles. The molecule has 1 aromatic rings. The highest BCUT2D eigenvalue weighted by Gasteiger charge is 2.00. The zero-order chi connectivity index (χ0) is 14.1. The molecule has 4 nitrogen and oxygen atoms in total. The Kier molecular flexibility index (Phi) is 6.36. The van der Waals surface area contributed by atoms with Gasteiger partial charge in [0.2, 0.25) is 5.91 Å². The summed E-state index contributed by atoms with van der Waals surface area (Å²) in [4.78, 5) is 22.8. The molecule has 0 aliphatic heterocycles. The second-order valence-electron chi connectivity index (χ2n) is 4.21. The Morgan fingerprint density at radius 3 is 2.79 bits per heavy atom. The number of nitrogens with one attached hydrogen (secondary N) is 1. The van der Waals surface area contributed by atoms with Crippen LogP contribution in [0.1, 0.15) is 25.3 Å². The molecule has 102 valence electrons. The molecule has 1 rings (SSSR count). The predicted octanol–water partition coefficient (Wildman–Crippen LogP) is 2.83. The van der Waals surface area contributed by atoms with Crippen molar-refractivity contribution in [3.63, 3.8) is 0 Å². The van der Waals surface area contributed by atoms with Crippen molar-refractivity contribution in [2.45, 2.75) is 26.7 Å². The molecule has 1 N–H and O–H groups in total. The SMILES string of the molecule is CCCCOC(=O)/C=C/C(=O)Nc1cccc(C)c1. The molecule has 0 radical (unpaired) electrons. The van der Waals surface area contributed by atoms with Gasteiger partial charge in [-0.15, -0.1) is 0 Å². The van der Waals surface area contributed by atoms with Gasteiger partial charge in [0.1, 0.15) is 0 Å². The quantitative estimate of drug-likeness (QED) is 0.486. The minimum Gasteiger partial charge on any atom is -0.463 e. The van der Waals surface area contributed by atoms with Gasteiger partial charge in [0.25, 0.3) is 0 Å². The minimum absolute atomic E-state index is 0.349. The van der Waals surface area contributed by atoms with Crippen molar-refractivity contribution >= 4 is 17.6 Å². The van der Waals surface area contributed by atoms with E-state index in [0.717, 1.165) is 24.5 Å². The monoisotopic (exact) mass is 261 g/mol. The number of carbonyl (C=O) groups excluding carboxylic acids is 2. The lowest BCUT2D eigenvalue weighted by Gasteiger charge is -2.03. The first kappa shape index (κ1) is 15.0. The van der Waals surface area contributed by atoms with Crippen molar-refractivity contribution < 1.29 is 14.3 Å². The Labute approximate surface area is 113 Å². The Bertz CT molecular complexity index is 466. The number of benzene rings is 1. The molecule has 0 unspecified atom stereocenters. The van der Waals surface area contributed by atoms with Crippen LogP contribution in [-0.2, 0) is 14.3 Å². The molecule has 0 bridgehead atoms. The number of rotatable bonds is 6. The summed E-state index contributed by atoms with van der Waals surface area (Å²) in [6.07, 6.45) is 4.11. The molecular formula is C15H19NO3. The van der Waals surface area contributed by atoms with Crippen molar-refractivity contribution in [2.24, 2.45) is 0 Å². The van der Waals surface area contributed by atoms with E-state index in [0.29, 0.717) is 12.3 Å². The van der Waals surface area contributed by atoms with Crippen LogP contribution >= 0.6 is 0 Å². The summed E-state index contributed by atoms with van der Waals surface area (Å²) in [6, 6.07) is 7.44. The number of carbonyl (C=O) groups is 2. The third-order valence-corrected chi connectivity index (χ3v) is 2.40. The molecule has 19 heavy (non-hydrogen) atoms. The molecule has 0 atom stereocenters. The van der Waals surface area contributed by atoms with Gasteiger partial charge in [0.05, 0.1) is 6.61 Å². The molecular weight excluding hydrogens is 242 g/mol. The van der Waals surface area contributed by atoms with Gasteiger partial charge in [-0.05, 0) is 31.0 Å². The van der Waals surface area contributed by atoms with Crippen molar-refractivity contribution in [1.29, 1.82) is 0 Å². The van der Waals surface area contributed by atoms with Gasteiger partial charge >= 0.3 is 5.97 Å². The van der Waals surface area contributed by atoms with Gasteiger partial charge in [-0.25, -0.2) is 4.79 Å². The molecule has 0 aliphatic rings. The summed E-state index contributed by atoms with van der Waals surface area (Å²) < 4.78 is 4.90. The third kappa shape index (κ3) is 6.41. The van der Waals surface area contributed by atoms with Crippen LogP contribution in [0, 0.1) is 6.92 Å². The van der Waals surface area contributed by atoms with Crippen LogP contribution in [0.2, 0.25) is 0 Å². The van der Waals surface area contributed by atoms with Gasteiger partial charge in [0.15, 0.2) is 0 Å². The van der Waals surface area contributed by atoms with Crippen LogP contribution in [0.15, 0.2) is 36.4 Å². The molecule has 1 amide bonds. The minimum atomic E-state index is -0.493. The summed E-state index contributed by atoms with van der Waals surface area (Å²) in [6.45, 7) is 4.34. The van der Waals surface area contributed by atoms with Gasteiger partial charge in [-0.3, -0.25) is 4.79 Å². The fourth-order valence-electron chi connectivity index (χ4n) is 1.42. The van der Waals surface area contributed by atoms with E-state index in [1.165, 1.54) is 6.08 Å². The Balaban J connectivity index is 2.40. The summed E-state index contributed by atoms with van der Waals surface area (Å²) >= 11 is 0. The first-order valence-corrected chi connectivity index (χ1v) is 6.34. The van der Waals surface area contributed by atoms with Crippen LogP contribution in [0.5, 0.6) is 0 Å². The molecule has 0 fully saturated rings. The number of ether oxygens (including phenoxy) is 1. The second kappa shape index (κ2) is 8.08. The maximum atomic E-state index is 11.6. The molecule has 0 saturated carbocycles. The lowest BCUT2D eigenvalue weighted by molar-refractivity contribution is -0.138. The smallest absolute Gasteiger partial charge is 0.330 e. The largest absolute Gasteiger partial charge is 0.463 e. The average molecular weight is 261 g/mol. The molecule has 0 aliphatic carbocycles. The summed E-state index contributed by atoms with van der Waals surface area (Å²) in [7, 11) is 0. The van der Waals surface area contributed by atoms with E-state index in [2.05, 4.69) is 5.32 Å². The first-order valence-electron chi connectivity index (χ1n) is 6.34. The number of hydrogen-bond donors (Lipinski definition) is 1. The van der Waals surface area contributed by atoms with Crippen LogP contribution in [0.25, 0.3) is 0 Å². The van der Waals surface area contributed by atoms with E-state index in [9.17, 15) is 9.59 Å². The summed E-state index contributed by atoms with van der Waals surface area (Å²) in [5, 5.41) is 2.67. The van der Waals surface area contributed by atoms with Crippen molar-refractivity contribution in [2.75, 3.05) is 11.9 Å². The maximum absolute atomic E-state index is 11.6. The van der Waals surface area contributed by atoms with E-state index in [1.807, 2.05) is 32.0 Å². The zero-order valence-electron chi connectivity index (χ0n) is 11.3. The highest BCUT2D eigenvalue weighted by molar-refractivity contribution is 6.02. The highest BCUT2D eigenvalue weighted by atomic mass is 16.5. The van der Waals surface area contributed by atoms with Gasteiger partial charge in [-0.1, -0.05) is 25.5 Å². The second-order valence-corrected chi connectivity index (χ2v) is 4.21. The number of anilines is 1. The van der Waals surface area contributed by atoms with E-state index in [-0.39, 0.29) is 5.91 Å². The van der Waals surface area contributed by atoms with E-state index in [1.54, 1.807) is 6.07 Å². The maximum Gasteiger partial charge on any atom is 0.330 e. The van der Waals surface area contributed by atoms with Crippen molar-refractivity contribution in [3.05, 3.63) is 42.0 Å². The Morgan fingerprint density at radius 2 is 2.11 bits per heavy atom. The van der Waals surface area contributed by atoms with E-state index in [4.69, 9.17) is 4.74 Å². The fourth-order valence-corrected chi connectivity index (χ4v) is 1.42. The predicted molar refractivity (Wildman–Crippen MR) is 74.8 cm³/mol. The van der Waals surface area contributed by atoms with E-state index < -0.39 is 5.97 Å². The van der Waals surface area contributed by atoms with Crippen LogP contribution in [0.3, 0.4) is 0 Å². The molecule has 0 aromatic heterocycles. The fraction of sp³-hybridized carbons (Fsp3) is 0.333. The normalized spacial score (nSPS) is 10.4. The lowest BCUT2D eigenvalue weighted by atomic mass is 10.2. The van der Waals surface area contributed by atoms with Crippen molar-refractivity contribution in [3.8, 4) is 0 Å². The zero-order valence-corrected chi connectivity index (χ0v) is 11.3. The number of hydrogen-bond acceptors (Lipinski definition) is 3. The number of unbranched alkanes of at least 4 members (excludes halogenated alkanes) is 1. The number of aryl methyl sites for hydroxylation is 1. The molecule has 4 heteroatoms. The number of amides is 1. The standard InChI is InChI=1S/C15H19NO3/c1-3-4-10-19-15(18)9-8-14(17)16-13-7-5-6-12(2)11-13/h5-9,11H,3-4,10H2,1-2H3,(H,16,17)/b9-8+. The Hall–Kier alpha value is -2.10. The Morgan fingerprint density at radius 1 is 1.32 bits per heavy atom. The summed E-state index contributed by atoms with van der Waals surface area (Å²) in [5.41, 5.74) is 1.76. The van der Waals surface area contributed by atoms with Crippen LogP contribution in [-0.4, -0.2) is 18.5 Å². The van der Waals surface area contributed by atoms with Crippen LogP contribution in [0.4, 0.5) is 5.69 Å². The first-order chi connectivity index (χ1) is 9.11. The van der Waals surface area contributed by atoms with Gasteiger partial charge in [0, 0.05) is 17.8 Å². The van der Waals surface area contributed by atoms with Gasteiger partial charge < -0.3 is 10.1 Å². The average Bonchev–Trinajstić information content (AvgIpc) is 2.37. The topological polar surface area (TPSA) is 55.4 Å². The molecule has 0 spiro atoms. The van der Waals surface area contributed by atoms with E-state index >= 15 is 0 Å². The number of esters is 1. The van der Waals surface area contributed by atoms with Crippen molar-refractivity contribution in [1.82, 2.24) is 0 Å². The van der Waals surface area contributed by atoms with Crippen LogP contribution < -0.4 is 5.32 Å². The highest BCUT2D eigenvalue weighted by Crippen LogP contribution is 2.09. The third-order valence-electron chi connectivity index (χ3n) is 2.40. The lowest BCUT2D eigenvalue weighted by Crippen LogP contribution is -2.09. The summed E-state index contributed by atoms with van der Waals surface area (Å²) in [5.74, 6) is -0.842. The molecule has 0 heterocycles.